The molecule has 0 bridgehead atoms. The minimum Gasteiger partial charge on any atom is -0.432 e. The van der Waals surface area contributed by atoms with Gasteiger partial charge in [0, 0.05) is 30.5 Å². The fourth-order valence-corrected chi connectivity index (χ4v) is 4.21. The van der Waals surface area contributed by atoms with E-state index in [0.717, 1.165) is 29.4 Å². The minimum atomic E-state index is -0.144. The SMILES string of the molecule is O=C(NC1CN(c2ccccc2)C1)c1c(-c2ccc3ccccc3c2)nc2occn12. The lowest BCUT2D eigenvalue weighted by molar-refractivity contribution is 0.0925. The van der Waals surface area contributed by atoms with E-state index in [9.17, 15) is 4.79 Å². The molecule has 6 heteroatoms. The Morgan fingerprint density at radius 2 is 1.74 bits per heavy atom. The van der Waals surface area contributed by atoms with E-state index in [1.165, 1.54) is 5.69 Å². The van der Waals surface area contributed by atoms with E-state index >= 15 is 0 Å². The average Bonchev–Trinajstić information content (AvgIpc) is 3.37. The van der Waals surface area contributed by atoms with Gasteiger partial charge in [-0.05, 0) is 29.0 Å². The Hall–Kier alpha value is -4.06. The van der Waals surface area contributed by atoms with Crippen LogP contribution in [-0.2, 0) is 0 Å². The fraction of sp³-hybridized carbons (Fsp3) is 0.120. The molecule has 1 aliphatic heterocycles. The van der Waals surface area contributed by atoms with Crippen LogP contribution in [0.25, 0.3) is 27.9 Å². The highest BCUT2D eigenvalue weighted by Crippen LogP contribution is 2.29. The highest BCUT2D eigenvalue weighted by atomic mass is 16.3. The third-order valence-electron chi connectivity index (χ3n) is 5.84. The molecule has 5 aromatic rings. The summed E-state index contributed by atoms with van der Waals surface area (Å²) in [4.78, 5) is 20.1. The molecule has 6 rings (SSSR count). The number of fused-ring (bicyclic) bond motifs is 2. The third-order valence-corrected chi connectivity index (χ3v) is 5.84. The number of hydrogen-bond donors (Lipinski definition) is 1. The molecule has 0 spiro atoms. The summed E-state index contributed by atoms with van der Waals surface area (Å²) >= 11 is 0. The van der Waals surface area contributed by atoms with Crippen molar-refractivity contribution in [2.24, 2.45) is 0 Å². The van der Waals surface area contributed by atoms with Crippen molar-refractivity contribution in [3.8, 4) is 11.3 Å². The molecule has 1 saturated heterocycles. The molecule has 1 aliphatic rings. The van der Waals surface area contributed by atoms with Crippen LogP contribution in [0.2, 0.25) is 0 Å². The summed E-state index contributed by atoms with van der Waals surface area (Å²) in [6.07, 6.45) is 3.28. The van der Waals surface area contributed by atoms with E-state index in [4.69, 9.17) is 4.42 Å². The predicted octanol–water partition coefficient (Wildman–Crippen LogP) is 4.37. The van der Waals surface area contributed by atoms with Gasteiger partial charge in [0.1, 0.15) is 17.7 Å². The zero-order valence-electron chi connectivity index (χ0n) is 16.7. The molecular weight excluding hydrogens is 388 g/mol. The molecule has 0 atom stereocenters. The van der Waals surface area contributed by atoms with Gasteiger partial charge in [0.05, 0.1) is 6.04 Å². The minimum absolute atomic E-state index is 0.0922. The largest absolute Gasteiger partial charge is 0.432 e. The normalized spacial score (nSPS) is 14.1. The van der Waals surface area contributed by atoms with Crippen molar-refractivity contribution < 1.29 is 9.21 Å². The van der Waals surface area contributed by atoms with Crippen molar-refractivity contribution in [3.05, 3.63) is 91.0 Å². The first-order valence-corrected chi connectivity index (χ1v) is 10.3. The molecule has 6 nitrogen and oxygen atoms in total. The van der Waals surface area contributed by atoms with E-state index in [1.54, 1.807) is 16.9 Å². The number of nitrogens with zero attached hydrogens (tertiary/aromatic N) is 3. The quantitative estimate of drug-likeness (QED) is 0.480. The zero-order chi connectivity index (χ0) is 20.8. The van der Waals surface area contributed by atoms with Gasteiger partial charge in [-0.1, -0.05) is 54.6 Å². The molecule has 0 radical (unpaired) electrons. The molecule has 3 aromatic carbocycles. The summed E-state index contributed by atoms with van der Waals surface area (Å²) in [6, 6.07) is 24.6. The number of carbonyl (C=O) groups is 1. The van der Waals surface area contributed by atoms with Gasteiger partial charge in [-0.3, -0.25) is 9.20 Å². The van der Waals surface area contributed by atoms with Crippen LogP contribution >= 0.6 is 0 Å². The van der Waals surface area contributed by atoms with E-state index in [0.29, 0.717) is 17.2 Å². The van der Waals surface area contributed by atoms with Crippen molar-refractivity contribution in [2.75, 3.05) is 18.0 Å². The number of aromatic nitrogens is 2. The van der Waals surface area contributed by atoms with E-state index in [2.05, 4.69) is 51.6 Å². The topological polar surface area (TPSA) is 62.8 Å². The molecule has 0 saturated carbocycles. The Morgan fingerprint density at radius 3 is 2.58 bits per heavy atom. The standard InChI is InChI=1S/C25H20N4O2/c30-24(26-20-15-28(16-20)21-8-2-1-3-9-21)23-22(27-25-29(23)12-13-31-25)19-11-10-17-6-4-5-7-18(17)14-19/h1-14,20H,15-16H2,(H,26,30). The maximum atomic E-state index is 13.3. The summed E-state index contributed by atoms with van der Waals surface area (Å²) in [6.45, 7) is 1.57. The van der Waals surface area contributed by atoms with Crippen LogP contribution in [-0.4, -0.2) is 34.4 Å². The lowest BCUT2D eigenvalue weighted by Gasteiger charge is -2.41. The highest BCUT2D eigenvalue weighted by molar-refractivity contribution is 6.00. The van der Waals surface area contributed by atoms with Gasteiger partial charge in [-0.15, -0.1) is 0 Å². The monoisotopic (exact) mass is 408 g/mol. The van der Waals surface area contributed by atoms with Crippen molar-refractivity contribution in [1.29, 1.82) is 0 Å². The van der Waals surface area contributed by atoms with Gasteiger partial charge in [0.15, 0.2) is 0 Å². The molecule has 1 N–H and O–H groups in total. The van der Waals surface area contributed by atoms with Crippen LogP contribution in [0.15, 0.2) is 89.7 Å². The molecular formula is C25H20N4O2. The van der Waals surface area contributed by atoms with Gasteiger partial charge in [-0.2, -0.15) is 4.98 Å². The molecule has 2 aromatic heterocycles. The van der Waals surface area contributed by atoms with E-state index in [1.807, 2.05) is 36.4 Å². The number of carbonyl (C=O) groups excluding carboxylic acids is 1. The Kier molecular flexibility index (Phi) is 4.02. The number of amides is 1. The van der Waals surface area contributed by atoms with Crippen molar-refractivity contribution in [2.45, 2.75) is 6.04 Å². The van der Waals surface area contributed by atoms with E-state index in [-0.39, 0.29) is 11.9 Å². The summed E-state index contributed by atoms with van der Waals surface area (Å²) < 4.78 is 7.20. The second-order valence-corrected chi connectivity index (χ2v) is 7.84. The second kappa shape index (κ2) is 7.02. The average molecular weight is 408 g/mol. The number of hydrogen-bond acceptors (Lipinski definition) is 4. The van der Waals surface area contributed by atoms with Crippen LogP contribution in [0.3, 0.4) is 0 Å². The molecule has 1 amide bonds. The predicted molar refractivity (Wildman–Crippen MR) is 120 cm³/mol. The Balaban J connectivity index is 1.30. The highest BCUT2D eigenvalue weighted by Gasteiger charge is 2.31. The summed E-state index contributed by atoms with van der Waals surface area (Å²) in [5, 5.41) is 5.42. The van der Waals surface area contributed by atoms with Gasteiger partial charge in [0.25, 0.3) is 5.91 Å². The number of benzene rings is 3. The lowest BCUT2D eigenvalue weighted by Crippen LogP contribution is -2.59. The molecule has 0 aliphatic carbocycles. The number of anilines is 1. The van der Waals surface area contributed by atoms with E-state index < -0.39 is 0 Å². The van der Waals surface area contributed by atoms with Gasteiger partial charge < -0.3 is 14.6 Å². The van der Waals surface area contributed by atoms with Gasteiger partial charge in [0.2, 0.25) is 0 Å². The lowest BCUT2D eigenvalue weighted by atomic mass is 10.0. The third kappa shape index (κ3) is 3.04. The van der Waals surface area contributed by atoms with Crippen LogP contribution in [0.4, 0.5) is 5.69 Å². The van der Waals surface area contributed by atoms with Gasteiger partial charge >= 0.3 is 5.84 Å². The Morgan fingerprint density at radius 1 is 0.968 bits per heavy atom. The van der Waals surface area contributed by atoms with Crippen LogP contribution in [0, 0.1) is 0 Å². The molecule has 152 valence electrons. The Bertz CT molecular complexity index is 1400. The molecule has 1 fully saturated rings. The number of imidazole rings is 1. The summed E-state index contributed by atoms with van der Waals surface area (Å²) in [5.74, 6) is 0.266. The number of para-hydroxylation sites is 1. The fourth-order valence-electron chi connectivity index (χ4n) is 4.21. The zero-order valence-corrected chi connectivity index (χ0v) is 16.7. The van der Waals surface area contributed by atoms with Crippen molar-refractivity contribution >= 4 is 28.2 Å². The van der Waals surface area contributed by atoms with Crippen molar-refractivity contribution in [3.63, 3.8) is 0 Å². The molecule has 31 heavy (non-hydrogen) atoms. The summed E-state index contributed by atoms with van der Waals surface area (Å²) in [7, 11) is 0. The maximum absolute atomic E-state index is 13.3. The van der Waals surface area contributed by atoms with Gasteiger partial charge in [-0.25, -0.2) is 0 Å². The first kappa shape index (κ1) is 17.8. The van der Waals surface area contributed by atoms with Crippen LogP contribution in [0.5, 0.6) is 0 Å². The number of nitrogens with one attached hydrogen (secondary N) is 1. The smallest absolute Gasteiger partial charge is 0.306 e. The first-order chi connectivity index (χ1) is 15.3. The molecule has 3 heterocycles. The first-order valence-electron chi connectivity index (χ1n) is 10.3. The van der Waals surface area contributed by atoms with Crippen LogP contribution in [0.1, 0.15) is 10.5 Å². The number of oxazole rings is 1. The molecule has 0 unspecified atom stereocenters. The Labute approximate surface area is 178 Å². The second-order valence-electron chi connectivity index (χ2n) is 7.84. The van der Waals surface area contributed by atoms with Crippen LogP contribution < -0.4 is 10.2 Å². The number of rotatable bonds is 4. The van der Waals surface area contributed by atoms with Crippen molar-refractivity contribution in [1.82, 2.24) is 14.7 Å². The summed E-state index contributed by atoms with van der Waals surface area (Å²) in [5.41, 5.74) is 3.19. The maximum Gasteiger partial charge on any atom is 0.306 e.